The first-order valence-corrected chi connectivity index (χ1v) is 24.6. The molecule has 0 aliphatic carbocycles. The maximum absolute atomic E-state index is 11.8. The van der Waals surface area contributed by atoms with E-state index in [0.717, 1.165) is 0 Å². The van der Waals surface area contributed by atoms with Gasteiger partial charge in [0.25, 0.3) is 0 Å². The average Bonchev–Trinajstić information content (AvgIpc) is 3.48. The fourth-order valence-electron chi connectivity index (χ4n) is 9.57. The van der Waals surface area contributed by atoms with Crippen molar-refractivity contribution in [2.75, 3.05) is 46.2 Å². The van der Waals surface area contributed by atoms with E-state index in [1.165, 1.54) is 0 Å². The summed E-state index contributed by atoms with van der Waals surface area (Å²) in [6.45, 7) is -6.25. The van der Waals surface area contributed by atoms with Crippen molar-refractivity contribution in [3.63, 3.8) is 0 Å². The van der Waals surface area contributed by atoms with Gasteiger partial charge in [0.05, 0.1) is 46.2 Å². The van der Waals surface area contributed by atoms with Gasteiger partial charge >= 0.3 is 0 Å². The summed E-state index contributed by atoms with van der Waals surface area (Å²) in [6.07, 6.45) is -67.6. The molecule has 7 fully saturated rings. The highest BCUT2D eigenvalue weighted by molar-refractivity contribution is 4.99. The molecule has 78 heavy (non-hydrogen) atoms. The summed E-state index contributed by atoms with van der Waals surface area (Å²) in [6, 6.07) is 0. The molecule has 7 aliphatic heterocycles. The van der Waals surface area contributed by atoms with Crippen molar-refractivity contribution < 1.29 is 179 Å². The molecular weight excluding hydrogens is 1080 g/mol. The molecule has 7 heterocycles. The number of aliphatic hydroxyl groups excluding tert-OH is 23. The van der Waals surface area contributed by atoms with Gasteiger partial charge in [0.2, 0.25) is 0 Å². The molecule has 0 amide bonds. The van der Waals surface area contributed by atoms with Crippen molar-refractivity contribution in [1.29, 1.82) is 0 Å². The van der Waals surface area contributed by atoms with Gasteiger partial charge in [-0.2, -0.15) is 0 Å². The van der Waals surface area contributed by atoms with Crippen molar-refractivity contribution in [2.24, 2.45) is 0 Å². The van der Waals surface area contributed by atoms with Gasteiger partial charge in [-0.1, -0.05) is 0 Å². The Morgan fingerprint density at radius 2 is 0.449 bits per heavy atom. The van der Waals surface area contributed by atoms with Crippen LogP contribution >= 0.6 is 0 Å². The van der Waals surface area contributed by atoms with Crippen LogP contribution in [0.2, 0.25) is 0 Å². The fourth-order valence-corrected chi connectivity index (χ4v) is 9.57. The number of aliphatic hydroxyl groups is 23. The summed E-state index contributed by atoms with van der Waals surface area (Å²) >= 11 is 0. The molecule has 0 radical (unpaired) electrons. The van der Waals surface area contributed by atoms with E-state index in [1.54, 1.807) is 0 Å². The second-order valence-electron chi connectivity index (χ2n) is 19.7. The minimum atomic E-state index is -2.25. The summed E-state index contributed by atoms with van der Waals surface area (Å²) in [5, 5.41) is 242. The van der Waals surface area contributed by atoms with Gasteiger partial charge in [0, 0.05) is 0 Å². The maximum atomic E-state index is 11.8. The molecule has 0 bridgehead atoms. The van der Waals surface area contributed by atoms with Crippen LogP contribution in [0, 0.1) is 0 Å². The molecule has 23 N–H and O–H groups in total. The van der Waals surface area contributed by atoms with Crippen LogP contribution in [0.4, 0.5) is 0 Å². The molecule has 36 heteroatoms. The molecular formula is C42H72O36. The first-order valence-electron chi connectivity index (χ1n) is 24.6. The lowest BCUT2D eigenvalue weighted by atomic mass is 9.96. The molecule has 35 atom stereocenters. The number of hydrogen-bond acceptors (Lipinski definition) is 36. The van der Waals surface area contributed by atoms with E-state index in [-0.39, 0.29) is 0 Å². The molecule has 7 saturated heterocycles. The van der Waals surface area contributed by atoms with E-state index in [0.29, 0.717) is 0 Å². The molecule has 0 saturated carbocycles. The molecule has 36 nitrogen and oxygen atoms in total. The van der Waals surface area contributed by atoms with Crippen molar-refractivity contribution in [2.45, 2.75) is 215 Å². The number of ether oxygens (including phenoxy) is 13. The minimum Gasteiger partial charge on any atom is -0.394 e. The molecule has 0 aromatic rings. The van der Waals surface area contributed by atoms with E-state index < -0.39 is 261 Å². The number of rotatable bonds is 19. The zero-order chi connectivity index (χ0) is 57.3. The predicted octanol–water partition coefficient (Wildman–Crippen LogP) is -16.3. The van der Waals surface area contributed by atoms with Crippen LogP contribution in [0.25, 0.3) is 0 Å². The Hall–Kier alpha value is -1.44. The molecule has 7 rings (SSSR count). The van der Waals surface area contributed by atoms with Crippen molar-refractivity contribution in [3.05, 3.63) is 0 Å². The maximum Gasteiger partial charge on any atom is 0.187 e. The van der Waals surface area contributed by atoms with E-state index in [4.69, 9.17) is 61.6 Å². The molecule has 7 aliphatic rings. The lowest BCUT2D eigenvalue weighted by Crippen LogP contribution is -2.67. The minimum absolute atomic E-state index is 0.776. The predicted molar refractivity (Wildman–Crippen MR) is 232 cm³/mol. The Kier molecular flexibility index (Phi) is 22.6. The first kappa shape index (κ1) is 64.1. The van der Waals surface area contributed by atoms with Crippen LogP contribution in [0.15, 0.2) is 0 Å². The molecule has 456 valence electrons. The van der Waals surface area contributed by atoms with Gasteiger partial charge in [0.15, 0.2) is 44.0 Å². The van der Waals surface area contributed by atoms with Crippen LogP contribution < -0.4 is 0 Å². The molecule has 0 aromatic heterocycles. The van der Waals surface area contributed by atoms with Gasteiger partial charge in [-0.15, -0.1) is 0 Å². The van der Waals surface area contributed by atoms with E-state index in [2.05, 4.69) is 0 Å². The van der Waals surface area contributed by atoms with E-state index in [1.807, 2.05) is 0 Å². The van der Waals surface area contributed by atoms with Crippen molar-refractivity contribution in [3.8, 4) is 0 Å². The fraction of sp³-hybridized carbons (Fsp3) is 1.00. The Morgan fingerprint density at radius 1 is 0.218 bits per heavy atom. The summed E-state index contributed by atoms with van der Waals surface area (Å²) in [4.78, 5) is 0. The third-order valence-electron chi connectivity index (χ3n) is 14.5. The Morgan fingerprint density at radius 3 is 0.821 bits per heavy atom. The van der Waals surface area contributed by atoms with Crippen LogP contribution in [0.5, 0.6) is 0 Å². The van der Waals surface area contributed by atoms with Crippen molar-refractivity contribution in [1.82, 2.24) is 0 Å². The van der Waals surface area contributed by atoms with Gasteiger partial charge in [-0.05, 0) is 0 Å². The standard InChI is InChI=1S/C42H72O36/c43-1-8-15(46)23(54)28(59)37(71-8)67-5-12-18(49)25(56)30(61)39(74-12)68-7-14-21(52)35(78-42-33(64)34(20(51)10(3-45)73-42)77-41-31(62)24(55)16(47)9(2-44)72-41)32(63)40(76-14)69-6-13-19(50)26(57)29(60)38(75-13)66-4-11-17(48)22(53)27(58)36(65)70-11/h8-65H,1-7H2/t8-,9-,10-,11-,12-,13-,14-,15-,16-,17-,18-,19-,20-,21-,22+,23+,24+,25+,26+,27-,28-,29-,30-,31-,32-,33-,34+,35+,36-,37-,38-,39-,40-,41+,42+/m1/s1. The van der Waals surface area contributed by atoms with Gasteiger partial charge in [-0.25, -0.2) is 0 Å². The van der Waals surface area contributed by atoms with Crippen LogP contribution in [-0.2, 0) is 61.6 Å². The van der Waals surface area contributed by atoms with Crippen LogP contribution in [0.3, 0.4) is 0 Å². The molecule has 0 spiro atoms. The Bertz CT molecular complexity index is 1820. The Balaban J connectivity index is 1.08. The zero-order valence-corrected chi connectivity index (χ0v) is 40.8. The third kappa shape index (κ3) is 13.5. The monoisotopic (exact) mass is 1150 g/mol. The highest BCUT2D eigenvalue weighted by Gasteiger charge is 2.56. The van der Waals surface area contributed by atoms with Gasteiger partial charge in [-0.3, -0.25) is 0 Å². The SMILES string of the molecule is OC[C@H]1O[C@@H](OC[C@H]2O[C@@H](OC[C@H]3O[C@@H](OC[C@H]4O[C@@H](OC[C@H]5O[C@@H](O)[C@H](O)[C@@H](O)[C@@H]5O)[C@H](O)[C@@H](O)[C@@H]4O)[C@H](O)[C@@H](O[C@@H]4O[C@H](CO)[C@@H](O)[C@H](O[C@@H]5O[C@H](CO)[C@@H](O)[C@H](O)[C@H]5O)[C@H]4O)[C@@H]3O)[C@H](O)[C@@H](O)[C@@H]2O)[C@H](O)[C@@H](O)[C@@H]1O. The summed E-state index contributed by atoms with van der Waals surface area (Å²) in [7, 11) is 0. The highest BCUT2D eigenvalue weighted by Crippen LogP contribution is 2.35. The molecule has 0 unspecified atom stereocenters. The lowest BCUT2D eigenvalue weighted by Gasteiger charge is -2.48. The van der Waals surface area contributed by atoms with Crippen LogP contribution in [0.1, 0.15) is 0 Å². The summed E-state index contributed by atoms with van der Waals surface area (Å²) < 4.78 is 72.1. The first-order chi connectivity index (χ1) is 36.8. The number of hydrogen-bond donors (Lipinski definition) is 23. The topological polar surface area (TPSA) is 585 Å². The van der Waals surface area contributed by atoms with Gasteiger partial charge in [0.1, 0.15) is 171 Å². The second-order valence-corrected chi connectivity index (χ2v) is 19.7. The van der Waals surface area contributed by atoms with E-state index >= 15 is 0 Å². The Labute approximate surface area is 439 Å². The summed E-state index contributed by atoms with van der Waals surface area (Å²) in [5.74, 6) is 0. The second kappa shape index (κ2) is 27.5. The molecule has 0 aromatic carbocycles. The van der Waals surface area contributed by atoms with E-state index in [9.17, 15) is 117 Å². The smallest absolute Gasteiger partial charge is 0.187 e. The van der Waals surface area contributed by atoms with Gasteiger partial charge < -0.3 is 179 Å². The zero-order valence-electron chi connectivity index (χ0n) is 40.8. The third-order valence-corrected chi connectivity index (χ3v) is 14.5. The lowest BCUT2D eigenvalue weighted by molar-refractivity contribution is -0.385. The summed E-state index contributed by atoms with van der Waals surface area (Å²) in [5.41, 5.74) is 0. The quantitative estimate of drug-likeness (QED) is 0.0571. The average molecular weight is 1150 g/mol. The van der Waals surface area contributed by atoms with Crippen molar-refractivity contribution >= 4 is 0 Å². The van der Waals surface area contributed by atoms with Crippen LogP contribution in [-0.4, -0.2) is 379 Å². The largest absolute Gasteiger partial charge is 0.394 e. The normalized spacial score (nSPS) is 53.5. The highest BCUT2D eigenvalue weighted by atomic mass is 16.8.